The number of aryl methyl sites for hydroxylation is 2. The number of hydrogen-bond acceptors (Lipinski definition) is 4. The Kier molecular flexibility index (Phi) is 6.67. The maximum Gasteiger partial charge on any atom is 0.261 e. The summed E-state index contributed by atoms with van der Waals surface area (Å²) < 4.78 is 27.7. The normalized spacial score (nSPS) is 11.2. The molecular weight excluding hydrogens is 408 g/mol. The van der Waals surface area contributed by atoms with Crippen molar-refractivity contribution >= 4 is 33.1 Å². The van der Waals surface area contributed by atoms with E-state index < -0.39 is 10.0 Å². The lowest BCUT2D eigenvalue weighted by molar-refractivity contribution is -0.118. The second kappa shape index (κ2) is 9.20. The fourth-order valence-electron chi connectivity index (χ4n) is 2.85. The summed E-state index contributed by atoms with van der Waals surface area (Å²) in [6.45, 7) is 1.81. The Morgan fingerprint density at radius 3 is 2.48 bits per heavy atom. The molecule has 3 rings (SSSR count). The maximum absolute atomic E-state index is 12.6. The molecule has 0 radical (unpaired) electrons. The summed E-state index contributed by atoms with van der Waals surface area (Å²) in [4.78, 5) is 16.4. The lowest BCUT2D eigenvalue weighted by Gasteiger charge is -2.10. The Morgan fingerprint density at radius 1 is 1.07 bits per heavy atom. The number of halogens is 1. The Labute approximate surface area is 175 Å². The van der Waals surface area contributed by atoms with Crippen molar-refractivity contribution in [2.45, 2.75) is 31.1 Å². The number of nitrogens with zero attached hydrogens (tertiary/aromatic N) is 1. The van der Waals surface area contributed by atoms with Gasteiger partial charge in [-0.15, -0.1) is 0 Å². The maximum atomic E-state index is 12.6. The average molecular weight is 429 g/mol. The molecule has 0 aliphatic heterocycles. The molecule has 1 N–H and O–H groups in total. The van der Waals surface area contributed by atoms with Crippen molar-refractivity contribution in [3.05, 3.63) is 88.7 Å². The van der Waals surface area contributed by atoms with Gasteiger partial charge in [0.05, 0.1) is 4.90 Å². The Morgan fingerprint density at radius 2 is 1.83 bits per heavy atom. The molecule has 1 heterocycles. The molecule has 0 atom stereocenters. The second-order valence-electron chi connectivity index (χ2n) is 6.79. The van der Waals surface area contributed by atoms with Crippen molar-refractivity contribution in [3.8, 4) is 0 Å². The predicted molar refractivity (Wildman–Crippen MR) is 115 cm³/mol. The van der Waals surface area contributed by atoms with Crippen LogP contribution in [-0.2, 0) is 27.7 Å². The first kappa shape index (κ1) is 21.0. The van der Waals surface area contributed by atoms with E-state index in [4.69, 9.17) is 11.6 Å². The van der Waals surface area contributed by atoms with E-state index in [9.17, 15) is 13.2 Å². The van der Waals surface area contributed by atoms with Crippen LogP contribution in [0.15, 0.2) is 71.9 Å². The number of rotatable bonds is 8. The number of Topliss-reactive ketones (excluding diaryl/α,β-unsaturated/α-hetero) is 1. The quantitative estimate of drug-likeness (QED) is 0.569. The van der Waals surface area contributed by atoms with Crippen LogP contribution in [0.4, 0.5) is 5.69 Å². The largest absolute Gasteiger partial charge is 0.299 e. The van der Waals surface area contributed by atoms with Crippen LogP contribution in [0.5, 0.6) is 0 Å². The second-order valence-corrected chi connectivity index (χ2v) is 8.88. The molecule has 0 saturated heterocycles. The lowest BCUT2D eigenvalue weighted by Crippen LogP contribution is -2.13. The third-order valence-corrected chi connectivity index (χ3v) is 6.28. The summed E-state index contributed by atoms with van der Waals surface area (Å²) in [5.41, 5.74) is 3.03. The molecule has 0 aliphatic rings. The summed E-state index contributed by atoms with van der Waals surface area (Å²) in [6.07, 6.45) is 4.78. The highest BCUT2D eigenvalue weighted by Gasteiger charge is 2.15. The fourth-order valence-corrected chi connectivity index (χ4v) is 4.02. The molecule has 0 amide bonds. The van der Waals surface area contributed by atoms with E-state index in [0.29, 0.717) is 23.6 Å². The topological polar surface area (TPSA) is 76.1 Å². The van der Waals surface area contributed by atoms with E-state index in [-0.39, 0.29) is 17.1 Å². The summed E-state index contributed by atoms with van der Waals surface area (Å²) in [7, 11) is -3.72. The van der Waals surface area contributed by atoms with Gasteiger partial charge in [-0.25, -0.2) is 8.42 Å². The number of sulfonamides is 1. The van der Waals surface area contributed by atoms with Crippen molar-refractivity contribution in [1.82, 2.24) is 4.98 Å². The molecule has 5 nitrogen and oxygen atoms in total. The summed E-state index contributed by atoms with van der Waals surface area (Å²) in [6, 6.07) is 15.1. The zero-order valence-electron chi connectivity index (χ0n) is 15.9. The molecule has 0 unspecified atom stereocenters. The van der Waals surface area contributed by atoms with Crippen LogP contribution in [-0.4, -0.2) is 19.2 Å². The summed E-state index contributed by atoms with van der Waals surface area (Å²) >= 11 is 5.98. The third-order valence-electron chi connectivity index (χ3n) is 4.46. The first-order valence-electron chi connectivity index (χ1n) is 9.12. The predicted octanol–water partition coefficient (Wildman–Crippen LogP) is 4.59. The van der Waals surface area contributed by atoms with Crippen molar-refractivity contribution in [1.29, 1.82) is 0 Å². The van der Waals surface area contributed by atoms with Gasteiger partial charge in [0, 0.05) is 35.9 Å². The van der Waals surface area contributed by atoms with Gasteiger partial charge >= 0.3 is 0 Å². The Bertz CT molecular complexity index is 1100. The van der Waals surface area contributed by atoms with Crippen LogP contribution in [0.2, 0.25) is 5.02 Å². The minimum absolute atomic E-state index is 0.0965. The molecule has 2 aromatic carbocycles. The van der Waals surface area contributed by atoms with Crippen LogP contribution in [0.3, 0.4) is 0 Å². The highest BCUT2D eigenvalue weighted by molar-refractivity contribution is 7.92. The zero-order valence-corrected chi connectivity index (χ0v) is 17.5. The lowest BCUT2D eigenvalue weighted by atomic mass is 10.0. The number of nitrogens with one attached hydrogen (secondary N) is 1. The van der Waals surface area contributed by atoms with E-state index >= 15 is 0 Å². The van der Waals surface area contributed by atoms with E-state index in [1.54, 1.807) is 49.6 Å². The molecule has 29 heavy (non-hydrogen) atoms. The van der Waals surface area contributed by atoms with Gasteiger partial charge < -0.3 is 0 Å². The van der Waals surface area contributed by atoms with E-state index in [1.807, 2.05) is 12.1 Å². The number of carbonyl (C=O) groups is 1. The van der Waals surface area contributed by atoms with Gasteiger partial charge in [0.15, 0.2) is 0 Å². The monoisotopic (exact) mass is 428 g/mol. The van der Waals surface area contributed by atoms with E-state index in [0.717, 1.165) is 16.7 Å². The molecule has 0 bridgehead atoms. The Hall–Kier alpha value is -2.70. The number of pyridine rings is 1. The minimum Gasteiger partial charge on any atom is -0.299 e. The number of carbonyl (C=O) groups excluding carboxylic acids is 1. The van der Waals surface area contributed by atoms with Crippen molar-refractivity contribution in [2.24, 2.45) is 0 Å². The zero-order chi connectivity index (χ0) is 20.9. The number of hydrogen-bond donors (Lipinski definition) is 1. The SMILES string of the molecule is Cc1cc(NS(=O)(=O)c2ccc(CC(=O)CCc3cccnc3)cc2)ccc1Cl. The van der Waals surface area contributed by atoms with Gasteiger partial charge in [-0.2, -0.15) is 0 Å². The van der Waals surface area contributed by atoms with E-state index in [1.165, 1.54) is 12.1 Å². The smallest absolute Gasteiger partial charge is 0.261 e. The molecule has 0 aliphatic carbocycles. The van der Waals surface area contributed by atoms with Gasteiger partial charge in [-0.1, -0.05) is 29.8 Å². The average Bonchev–Trinajstić information content (AvgIpc) is 2.70. The summed E-state index contributed by atoms with van der Waals surface area (Å²) in [5, 5.41) is 0.575. The van der Waals surface area contributed by atoms with Crippen LogP contribution in [0, 0.1) is 6.92 Å². The van der Waals surface area contributed by atoms with Gasteiger partial charge in [0.1, 0.15) is 5.78 Å². The number of aromatic nitrogens is 1. The molecular formula is C22H21ClN2O3S. The highest BCUT2D eigenvalue weighted by Crippen LogP contribution is 2.22. The molecule has 0 fully saturated rings. The van der Waals surface area contributed by atoms with Crippen molar-refractivity contribution in [3.63, 3.8) is 0 Å². The highest BCUT2D eigenvalue weighted by atomic mass is 35.5. The molecule has 0 saturated carbocycles. The number of benzene rings is 2. The van der Waals surface area contributed by atoms with Crippen LogP contribution < -0.4 is 4.72 Å². The van der Waals surface area contributed by atoms with Gasteiger partial charge in [0.25, 0.3) is 10.0 Å². The fraction of sp³-hybridized carbons (Fsp3) is 0.182. The summed E-state index contributed by atoms with van der Waals surface area (Å²) in [5.74, 6) is 0.0965. The molecule has 0 spiro atoms. The minimum atomic E-state index is -3.72. The molecule has 3 aromatic rings. The van der Waals surface area contributed by atoms with Gasteiger partial charge in [-0.05, 0) is 66.4 Å². The van der Waals surface area contributed by atoms with Gasteiger partial charge in [0.2, 0.25) is 0 Å². The van der Waals surface area contributed by atoms with Crippen molar-refractivity contribution < 1.29 is 13.2 Å². The first-order valence-corrected chi connectivity index (χ1v) is 11.0. The Balaban J connectivity index is 1.61. The van der Waals surface area contributed by atoms with Crippen LogP contribution >= 0.6 is 11.6 Å². The van der Waals surface area contributed by atoms with Crippen LogP contribution in [0.1, 0.15) is 23.1 Å². The van der Waals surface area contributed by atoms with Crippen molar-refractivity contribution in [2.75, 3.05) is 4.72 Å². The molecule has 150 valence electrons. The third kappa shape index (κ3) is 5.89. The number of ketones is 1. The number of anilines is 1. The first-order chi connectivity index (χ1) is 13.8. The molecule has 7 heteroatoms. The standard InChI is InChI=1S/C22H21ClN2O3S/c1-16-13-19(7-11-22(16)23)25-29(27,28)21-9-5-17(6-10-21)14-20(26)8-4-18-3-2-12-24-15-18/h2-3,5-7,9-13,15,25H,4,8,14H2,1H3. The van der Waals surface area contributed by atoms with E-state index in [2.05, 4.69) is 9.71 Å². The van der Waals surface area contributed by atoms with Gasteiger partial charge in [-0.3, -0.25) is 14.5 Å². The van der Waals surface area contributed by atoms with Crippen LogP contribution in [0.25, 0.3) is 0 Å². The molecule has 1 aromatic heterocycles.